The van der Waals surface area contributed by atoms with Gasteiger partial charge in [-0.15, -0.1) is 11.8 Å². The van der Waals surface area contributed by atoms with Crippen molar-refractivity contribution in [1.82, 2.24) is 9.97 Å². The van der Waals surface area contributed by atoms with E-state index < -0.39 is 0 Å². The first-order valence-corrected chi connectivity index (χ1v) is 7.82. The molecule has 0 radical (unpaired) electrons. The number of hydrogen-bond donors (Lipinski definition) is 2. The van der Waals surface area contributed by atoms with Crippen molar-refractivity contribution in [1.29, 1.82) is 0 Å². The summed E-state index contributed by atoms with van der Waals surface area (Å²) in [4.78, 5) is 9.90. The molecule has 1 aromatic carbocycles. The molecule has 5 heteroatoms. The predicted molar refractivity (Wildman–Crippen MR) is 87.2 cm³/mol. The number of rotatable bonds is 5. The Hall–Kier alpha value is -1.75. The minimum absolute atomic E-state index is 0.338. The van der Waals surface area contributed by atoms with E-state index in [4.69, 9.17) is 0 Å². The van der Waals surface area contributed by atoms with Crippen molar-refractivity contribution in [3.05, 3.63) is 36.2 Å². The van der Waals surface area contributed by atoms with Crippen LogP contribution in [0.3, 0.4) is 0 Å². The average molecular weight is 288 g/mol. The molecule has 0 aliphatic carbocycles. The topological polar surface area (TPSA) is 49.8 Å². The lowest BCUT2D eigenvalue weighted by Gasteiger charge is -2.16. The van der Waals surface area contributed by atoms with E-state index in [9.17, 15) is 0 Å². The predicted octanol–water partition coefficient (Wildman–Crippen LogP) is 4.11. The van der Waals surface area contributed by atoms with E-state index in [1.165, 1.54) is 4.90 Å². The van der Waals surface area contributed by atoms with Crippen molar-refractivity contribution in [3.63, 3.8) is 0 Å². The van der Waals surface area contributed by atoms with E-state index in [0.29, 0.717) is 5.92 Å². The largest absolute Gasteiger partial charge is 0.373 e. The van der Waals surface area contributed by atoms with E-state index in [2.05, 4.69) is 52.8 Å². The molecule has 20 heavy (non-hydrogen) atoms. The van der Waals surface area contributed by atoms with Gasteiger partial charge in [0.05, 0.1) is 0 Å². The second-order valence-corrected chi connectivity index (χ2v) is 5.63. The highest BCUT2D eigenvalue weighted by Crippen LogP contribution is 2.30. The van der Waals surface area contributed by atoms with Crippen LogP contribution in [-0.4, -0.2) is 23.3 Å². The van der Waals surface area contributed by atoms with Gasteiger partial charge in [0.1, 0.15) is 18.0 Å². The third kappa shape index (κ3) is 3.22. The lowest BCUT2D eigenvalue weighted by atomic mass is 10.0. The van der Waals surface area contributed by atoms with Gasteiger partial charge >= 0.3 is 0 Å². The first-order valence-electron chi connectivity index (χ1n) is 6.59. The van der Waals surface area contributed by atoms with Gasteiger partial charge in [-0.25, -0.2) is 9.97 Å². The van der Waals surface area contributed by atoms with Crippen LogP contribution in [-0.2, 0) is 0 Å². The summed E-state index contributed by atoms with van der Waals surface area (Å²) in [5.74, 6) is 2.07. The highest BCUT2D eigenvalue weighted by molar-refractivity contribution is 7.98. The number of benzene rings is 1. The average Bonchev–Trinajstić information content (AvgIpc) is 2.46. The standard InChI is InChI=1S/C15H20N4S/c1-10(2)13-14(16-3)17-9-18-15(13)19-11-6-5-7-12(8-11)20-4/h5-10H,1-4H3,(H2,16,17,18,19). The molecule has 0 bridgehead atoms. The molecule has 0 aliphatic rings. The minimum Gasteiger partial charge on any atom is -0.373 e. The Morgan fingerprint density at radius 3 is 2.55 bits per heavy atom. The highest BCUT2D eigenvalue weighted by atomic mass is 32.2. The van der Waals surface area contributed by atoms with Crippen LogP contribution in [0.2, 0.25) is 0 Å². The quantitative estimate of drug-likeness (QED) is 0.811. The fourth-order valence-corrected chi connectivity index (χ4v) is 2.54. The van der Waals surface area contributed by atoms with Gasteiger partial charge in [0, 0.05) is 23.2 Å². The Morgan fingerprint density at radius 1 is 1.15 bits per heavy atom. The molecule has 2 aromatic rings. The number of thioether (sulfide) groups is 1. The molecule has 0 saturated carbocycles. The van der Waals surface area contributed by atoms with Gasteiger partial charge < -0.3 is 10.6 Å². The zero-order valence-corrected chi connectivity index (χ0v) is 13.1. The Morgan fingerprint density at radius 2 is 1.90 bits per heavy atom. The van der Waals surface area contributed by atoms with Gasteiger partial charge in [0.25, 0.3) is 0 Å². The summed E-state index contributed by atoms with van der Waals surface area (Å²) in [7, 11) is 1.88. The number of hydrogen-bond acceptors (Lipinski definition) is 5. The maximum Gasteiger partial charge on any atom is 0.139 e. The molecule has 4 nitrogen and oxygen atoms in total. The lowest BCUT2D eigenvalue weighted by molar-refractivity contribution is 0.852. The van der Waals surface area contributed by atoms with Crippen molar-refractivity contribution in [3.8, 4) is 0 Å². The molecule has 106 valence electrons. The van der Waals surface area contributed by atoms with Crippen LogP contribution in [0.25, 0.3) is 0 Å². The first-order chi connectivity index (χ1) is 9.65. The van der Waals surface area contributed by atoms with E-state index in [0.717, 1.165) is 22.9 Å². The van der Waals surface area contributed by atoms with Crippen LogP contribution in [0.4, 0.5) is 17.3 Å². The van der Waals surface area contributed by atoms with Gasteiger partial charge in [-0.3, -0.25) is 0 Å². The van der Waals surface area contributed by atoms with Crippen LogP contribution in [0.15, 0.2) is 35.5 Å². The second kappa shape index (κ2) is 6.61. The minimum atomic E-state index is 0.338. The number of nitrogens with zero attached hydrogens (tertiary/aromatic N) is 2. The summed E-state index contributed by atoms with van der Waals surface area (Å²) < 4.78 is 0. The normalized spacial score (nSPS) is 10.7. The Balaban J connectivity index is 2.37. The molecule has 2 rings (SSSR count). The fourth-order valence-electron chi connectivity index (χ4n) is 2.08. The smallest absolute Gasteiger partial charge is 0.139 e. The monoisotopic (exact) mass is 288 g/mol. The molecule has 1 aromatic heterocycles. The zero-order chi connectivity index (χ0) is 14.5. The van der Waals surface area contributed by atoms with Crippen molar-refractivity contribution >= 4 is 29.1 Å². The van der Waals surface area contributed by atoms with Crippen LogP contribution in [0.1, 0.15) is 25.3 Å². The zero-order valence-electron chi connectivity index (χ0n) is 12.3. The van der Waals surface area contributed by atoms with Gasteiger partial charge in [0.2, 0.25) is 0 Å². The Kier molecular flexibility index (Phi) is 4.84. The molecular formula is C15H20N4S. The molecular weight excluding hydrogens is 268 g/mol. The number of anilines is 3. The molecule has 0 saturated heterocycles. The van der Waals surface area contributed by atoms with E-state index in [1.807, 2.05) is 19.2 Å². The van der Waals surface area contributed by atoms with Crippen LogP contribution >= 0.6 is 11.8 Å². The van der Waals surface area contributed by atoms with E-state index in [-0.39, 0.29) is 0 Å². The first kappa shape index (κ1) is 14.7. The van der Waals surface area contributed by atoms with Crippen LogP contribution in [0.5, 0.6) is 0 Å². The van der Waals surface area contributed by atoms with Gasteiger partial charge in [-0.2, -0.15) is 0 Å². The van der Waals surface area contributed by atoms with Crippen LogP contribution < -0.4 is 10.6 Å². The maximum absolute atomic E-state index is 4.39. The maximum atomic E-state index is 4.39. The van der Waals surface area contributed by atoms with Crippen molar-refractivity contribution in [2.24, 2.45) is 0 Å². The molecule has 0 aliphatic heterocycles. The Bertz CT molecular complexity index is 584. The molecule has 2 N–H and O–H groups in total. The van der Waals surface area contributed by atoms with Gasteiger partial charge in [-0.1, -0.05) is 19.9 Å². The molecule has 0 amide bonds. The lowest BCUT2D eigenvalue weighted by Crippen LogP contribution is -2.06. The molecule has 0 unspecified atom stereocenters. The highest BCUT2D eigenvalue weighted by Gasteiger charge is 2.14. The van der Waals surface area contributed by atoms with E-state index in [1.54, 1.807) is 18.1 Å². The summed E-state index contributed by atoms with van der Waals surface area (Å²) in [5, 5.41) is 6.53. The third-order valence-corrected chi connectivity index (χ3v) is 3.76. The molecule has 0 fully saturated rings. The number of aromatic nitrogens is 2. The van der Waals surface area contributed by atoms with Crippen molar-refractivity contribution < 1.29 is 0 Å². The third-order valence-electron chi connectivity index (χ3n) is 3.03. The van der Waals surface area contributed by atoms with Gasteiger partial charge in [0.15, 0.2) is 0 Å². The summed E-state index contributed by atoms with van der Waals surface area (Å²) in [6, 6.07) is 8.31. The fraction of sp³-hybridized carbons (Fsp3) is 0.333. The summed E-state index contributed by atoms with van der Waals surface area (Å²) >= 11 is 1.73. The van der Waals surface area contributed by atoms with E-state index >= 15 is 0 Å². The van der Waals surface area contributed by atoms with Crippen LogP contribution in [0, 0.1) is 0 Å². The molecule has 0 spiro atoms. The Labute approximate surface area is 124 Å². The second-order valence-electron chi connectivity index (χ2n) is 4.75. The molecule has 0 atom stereocenters. The summed E-state index contributed by atoms with van der Waals surface area (Å²) in [6.45, 7) is 4.28. The molecule has 1 heterocycles. The summed E-state index contributed by atoms with van der Waals surface area (Å²) in [6.07, 6.45) is 3.65. The van der Waals surface area contributed by atoms with Crippen molar-refractivity contribution in [2.75, 3.05) is 23.9 Å². The van der Waals surface area contributed by atoms with Gasteiger partial charge in [-0.05, 0) is 30.4 Å². The number of nitrogens with one attached hydrogen (secondary N) is 2. The van der Waals surface area contributed by atoms with Crippen molar-refractivity contribution in [2.45, 2.75) is 24.7 Å². The SMILES string of the molecule is CNc1ncnc(Nc2cccc(SC)c2)c1C(C)C. The summed E-state index contributed by atoms with van der Waals surface area (Å²) in [5.41, 5.74) is 2.14.